The van der Waals surface area contributed by atoms with Gasteiger partial charge in [0.25, 0.3) is 10.0 Å². The Labute approximate surface area is 168 Å². The van der Waals surface area contributed by atoms with Crippen molar-refractivity contribution in [3.8, 4) is 11.5 Å². The van der Waals surface area contributed by atoms with Crippen molar-refractivity contribution in [2.75, 3.05) is 25.1 Å². The van der Waals surface area contributed by atoms with Gasteiger partial charge in [-0.05, 0) is 48.2 Å². The number of rotatable bonds is 6. The minimum Gasteiger partial charge on any atom is -0.493 e. The molecular weight excluding hydrogens is 401 g/mol. The zero-order chi connectivity index (χ0) is 21.2. The minimum atomic E-state index is -4.23. The molecule has 1 heterocycles. The van der Waals surface area contributed by atoms with E-state index in [1.54, 1.807) is 12.1 Å². The Morgan fingerprint density at radius 1 is 1.24 bits per heavy atom. The molecule has 2 aromatic rings. The van der Waals surface area contributed by atoms with Gasteiger partial charge in [-0.25, -0.2) is 17.6 Å². The number of anilines is 1. The van der Waals surface area contributed by atoms with Crippen LogP contribution in [-0.4, -0.2) is 40.3 Å². The van der Waals surface area contributed by atoms with E-state index in [9.17, 15) is 17.6 Å². The molecule has 0 bridgehead atoms. The van der Waals surface area contributed by atoms with E-state index in [-0.39, 0.29) is 34.2 Å². The van der Waals surface area contributed by atoms with Gasteiger partial charge in [0, 0.05) is 12.6 Å². The van der Waals surface area contributed by atoms with Crippen molar-refractivity contribution in [2.45, 2.75) is 17.7 Å². The highest BCUT2D eigenvalue weighted by Gasteiger charge is 2.34. The second-order valence-corrected chi connectivity index (χ2v) is 8.19. The zero-order valence-electron chi connectivity index (χ0n) is 15.9. The maximum Gasteiger partial charge on any atom is 0.328 e. The lowest BCUT2D eigenvalue weighted by molar-refractivity contribution is -0.131. The number of ether oxygens (including phenoxy) is 2. The van der Waals surface area contributed by atoms with Crippen molar-refractivity contribution < 1.29 is 32.2 Å². The van der Waals surface area contributed by atoms with Gasteiger partial charge in [0.05, 0.1) is 19.9 Å². The average molecular weight is 421 g/mol. The molecule has 3 rings (SSSR count). The fourth-order valence-electron chi connectivity index (χ4n) is 3.33. The number of carboxylic acids is 1. The fraction of sp³-hybridized carbons (Fsp3) is 0.250. The third kappa shape index (κ3) is 3.91. The topological polar surface area (TPSA) is 93.1 Å². The number of hydrogen-bond donors (Lipinski definition) is 1. The number of benzene rings is 2. The van der Waals surface area contributed by atoms with Crippen LogP contribution in [-0.2, 0) is 21.2 Å². The van der Waals surface area contributed by atoms with Gasteiger partial charge >= 0.3 is 5.97 Å². The largest absolute Gasteiger partial charge is 0.493 e. The highest BCUT2D eigenvalue weighted by atomic mass is 32.2. The number of sulfonamides is 1. The molecule has 0 amide bonds. The summed E-state index contributed by atoms with van der Waals surface area (Å²) in [7, 11) is -1.59. The molecule has 1 N–H and O–H groups in total. The summed E-state index contributed by atoms with van der Waals surface area (Å²) in [6.45, 7) is 0.108. The Morgan fingerprint density at radius 3 is 2.66 bits per heavy atom. The van der Waals surface area contributed by atoms with E-state index in [0.717, 1.165) is 10.4 Å². The summed E-state index contributed by atoms with van der Waals surface area (Å²) in [5, 5.41) is 8.86. The second kappa shape index (κ2) is 8.12. The van der Waals surface area contributed by atoms with E-state index < -0.39 is 21.8 Å². The number of nitrogens with zero attached hydrogens (tertiary/aromatic N) is 1. The van der Waals surface area contributed by atoms with Crippen molar-refractivity contribution in [2.24, 2.45) is 0 Å². The molecule has 0 aromatic heterocycles. The van der Waals surface area contributed by atoms with Gasteiger partial charge in [0.2, 0.25) is 0 Å². The predicted molar refractivity (Wildman–Crippen MR) is 105 cm³/mol. The van der Waals surface area contributed by atoms with Crippen LogP contribution >= 0.6 is 0 Å². The number of halogens is 1. The third-order valence-electron chi connectivity index (χ3n) is 4.58. The van der Waals surface area contributed by atoms with Crippen molar-refractivity contribution in [1.82, 2.24) is 0 Å². The molecule has 29 heavy (non-hydrogen) atoms. The first-order valence-corrected chi connectivity index (χ1v) is 10.2. The average Bonchev–Trinajstić information content (AvgIpc) is 2.71. The molecule has 0 atom stereocenters. The Morgan fingerprint density at radius 2 is 2.00 bits per heavy atom. The molecule has 0 saturated carbocycles. The third-order valence-corrected chi connectivity index (χ3v) is 6.39. The molecule has 2 aromatic carbocycles. The number of para-hydroxylation sites is 1. The van der Waals surface area contributed by atoms with Crippen LogP contribution in [0.1, 0.15) is 17.5 Å². The van der Waals surface area contributed by atoms with Crippen molar-refractivity contribution in [3.63, 3.8) is 0 Å². The number of aryl methyl sites for hydroxylation is 1. The molecule has 7 nitrogen and oxygen atoms in total. The number of fused-ring (bicyclic) bond motifs is 1. The normalized spacial score (nSPS) is 14.0. The summed E-state index contributed by atoms with van der Waals surface area (Å²) in [6, 6.07) is 7.21. The van der Waals surface area contributed by atoms with E-state index in [2.05, 4.69) is 0 Å². The number of methoxy groups -OCH3 is 2. The molecule has 0 saturated heterocycles. The Balaban J connectivity index is 2.22. The van der Waals surface area contributed by atoms with Crippen LogP contribution in [0, 0.1) is 5.82 Å². The maximum atomic E-state index is 14.5. The number of carboxylic acid groups (broad SMARTS) is 1. The van der Waals surface area contributed by atoms with Crippen LogP contribution in [0.15, 0.2) is 41.3 Å². The minimum absolute atomic E-state index is 0.0197. The predicted octanol–water partition coefficient (Wildman–Crippen LogP) is 3.08. The smallest absolute Gasteiger partial charge is 0.328 e. The molecule has 0 aliphatic carbocycles. The van der Waals surface area contributed by atoms with E-state index in [0.29, 0.717) is 18.4 Å². The molecule has 0 unspecified atom stereocenters. The maximum absolute atomic E-state index is 14.5. The van der Waals surface area contributed by atoms with Gasteiger partial charge < -0.3 is 14.6 Å². The Kier molecular flexibility index (Phi) is 5.78. The van der Waals surface area contributed by atoms with Gasteiger partial charge in [-0.1, -0.05) is 12.1 Å². The number of carbonyl (C=O) groups is 1. The standard InChI is InChI=1S/C20H20FNO6S/c1-27-16-11-13(8-9-18(23)24)12-17(20(16)28-2)29(25,26)22-10-4-6-14-5-3-7-15(21)19(14)22/h3,5,7-9,11-12H,4,6,10H2,1-2H3,(H,23,24)/b9-8+. The SMILES string of the molecule is COc1cc(/C=C/C(=O)O)cc(S(=O)(=O)N2CCCc3cccc(F)c32)c1OC. The molecule has 9 heteroatoms. The summed E-state index contributed by atoms with van der Waals surface area (Å²) < 4.78 is 53.1. The zero-order valence-corrected chi connectivity index (χ0v) is 16.7. The summed E-state index contributed by atoms with van der Waals surface area (Å²) in [6.07, 6.45) is 3.23. The first-order valence-electron chi connectivity index (χ1n) is 8.76. The van der Waals surface area contributed by atoms with Gasteiger partial charge in [0.1, 0.15) is 10.7 Å². The van der Waals surface area contributed by atoms with E-state index in [1.165, 1.54) is 38.5 Å². The lowest BCUT2D eigenvalue weighted by atomic mass is 10.0. The molecule has 0 radical (unpaired) electrons. The van der Waals surface area contributed by atoms with Crippen LogP contribution in [0.2, 0.25) is 0 Å². The lowest BCUT2D eigenvalue weighted by Gasteiger charge is -2.31. The number of hydrogen-bond acceptors (Lipinski definition) is 5. The van der Waals surface area contributed by atoms with Gasteiger partial charge in [0.15, 0.2) is 11.5 Å². The molecular formula is C20H20FNO6S. The van der Waals surface area contributed by atoms with Crippen LogP contribution < -0.4 is 13.8 Å². The van der Waals surface area contributed by atoms with Crippen molar-refractivity contribution >= 4 is 27.8 Å². The van der Waals surface area contributed by atoms with Crippen LogP contribution in [0.25, 0.3) is 6.08 Å². The monoisotopic (exact) mass is 421 g/mol. The summed E-state index contributed by atoms with van der Waals surface area (Å²) in [5.74, 6) is -1.73. The molecule has 1 aliphatic heterocycles. The van der Waals surface area contributed by atoms with Crippen LogP contribution in [0.3, 0.4) is 0 Å². The van der Waals surface area contributed by atoms with E-state index in [1.807, 2.05) is 0 Å². The summed E-state index contributed by atoms with van der Waals surface area (Å²) in [5.41, 5.74) is 0.910. The Hall–Kier alpha value is -3.07. The molecule has 0 fully saturated rings. The molecule has 0 spiro atoms. The van der Waals surface area contributed by atoms with Crippen molar-refractivity contribution in [1.29, 1.82) is 0 Å². The molecule has 1 aliphatic rings. The number of aliphatic carboxylic acids is 1. The first-order chi connectivity index (χ1) is 13.8. The van der Waals surface area contributed by atoms with Gasteiger partial charge in [-0.3, -0.25) is 4.31 Å². The summed E-state index contributed by atoms with van der Waals surface area (Å²) in [4.78, 5) is 10.6. The first kappa shape index (κ1) is 20.7. The Bertz CT molecular complexity index is 1080. The van der Waals surface area contributed by atoms with E-state index in [4.69, 9.17) is 14.6 Å². The van der Waals surface area contributed by atoms with Crippen molar-refractivity contribution in [3.05, 3.63) is 53.4 Å². The van der Waals surface area contributed by atoms with Crippen LogP contribution in [0.4, 0.5) is 10.1 Å². The van der Waals surface area contributed by atoms with Gasteiger partial charge in [-0.2, -0.15) is 0 Å². The van der Waals surface area contributed by atoms with Gasteiger partial charge in [-0.15, -0.1) is 0 Å². The highest BCUT2D eigenvalue weighted by molar-refractivity contribution is 7.93. The highest BCUT2D eigenvalue weighted by Crippen LogP contribution is 2.41. The summed E-state index contributed by atoms with van der Waals surface area (Å²) >= 11 is 0. The fourth-order valence-corrected chi connectivity index (χ4v) is 5.09. The van der Waals surface area contributed by atoms with E-state index >= 15 is 0 Å². The molecule has 154 valence electrons. The van der Waals surface area contributed by atoms with Crippen LogP contribution in [0.5, 0.6) is 11.5 Å². The lowest BCUT2D eigenvalue weighted by Crippen LogP contribution is -2.36. The second-order valence-electron chi connectivity index (χ2n) is 6.35. The quantitative estimate of drug-likeness (QED) is 0.721.